The van der Waals surface area contributed by atoms with Crippen molar-refractivity contribution < 1.29 is 0 Å². The van der Waals surface area contributed by atoms with Gasteiger partial charge in [-0.05, 0) is 136 Å². The van der Waals surface area contributed by atoms with Crippen LogP contribution in [0.3, 0.4) is 0 Å². The number of nitrogens with one attached hydrogen (secondary N) is 2. The zero-order valence-electron chi connectivity index (χ0n) is 22.2. The lowest BCUT2D eigenvalue weighted by atomic mass is 9.54. The first-order valence-electron chi connectivity index (χ1n) is 15.1. The van der Waals surface area contributed by atoms with Crippen LogP contribution in [0.2, 0.25) is 0 Å². The fraction of sp³-hybridized carbons (Fsp3) is 0.688. The summed E-state index contributed by atoms with van der Waals surface area (Å²) in [6.45, 7) is 7.24. The van der Waals surface area contributed by atoms with Gasteiger partial charge in [0.25, 0.3) is 0 Å². The maximum Gasteiger partial charge on any atom is 0.0721 e. The van der Waals surface area contributed by atoms with Crippen LogP contribution in [0, 0.1) is 35.5 Å². The normalized spacial score (nSPS) is 42.5. The third kappa shape index (κ3) is 3.01. The molecule has 4 heteroatoms. The quantitative estimate of drug-likeness (QED) is 0.544. The average molecular weight is 483 g/mol. The zero-order chi connectivity index (χ0) is 24.1. The minimum atomic E-state index is 0.136. The number of piperidine rings is 2. The van der Waals surface area contributed by atoms with Crippen molar-refractivity contribution in [3.05, 3.63) is 46.9 Å². The second kappa shape index (κ2) is 7.86. The van der Waals surface area contributed by atoms with E-state index < -0.39 is 0 Å². The van der Waals surface area contributed by atoms with Gasteiger partial charge < -0.3 is 10.6 Å². The van der Waals surface area contributed by atoms with Crippen molar-refractivity contribution >= 4 is 0 Å². The minimum absolute atomic E-state index is 0.136. The summed E-state index contributed by atoms with van der Waals surface area (Å²) in [5.74, 6) is 4.73. The SMILES string of the molecule is C[C@@H]1C[C@H]2Cc3ncc(-c4ccc5c(n4)C[C@@H]4C[C@@H](C)C[C@]56NCCC[C@H]46)cc3[C@]3(C1)NCCC[C@H]23. The van der Waals surface area contributed by atoms with Gasteiger partial charge in [0.15, 0.2) is 0 Å². The molecule has 4 aliphatic carbocycles. The third-order valence-corrected chi connectivity index (χ3v) is 11.5. The molecule has 36 heavy (non-hydrogen) atoms. The van der Waals surface area contributed by atoms with Gasteiger partial charge in [-0.3, -0.25) is 9.97 Å². The molecular weight excluding hydrogens is 440 g/mol. The molecule has 2 aromatic heterocycles. The molecule has 0 aromatic carbocycles. The number of fused-ring (bicyclic) bond motifs is 2. The van der Waals surface area contributed by atoms with E-state index >= 15 is 0 Å². The number of hydrogen-bond donors (Lipinski definition) is 2. The molecule has 8 atom stereocenters. The summed E-state index contributed by atoms with van der Waals surface area (Å²) in [6.07, 6.45) is 15.2. The number of nitrogens with zero attached hydrogens (tertiary/aromatic N) is 2. The standard InChI is InChI=1S/C32H42N4/c1-19-12-22-15-30-26(31(16-19)24(22)5-3-9-34-31)7-8-28(36-30)23-13-27-29(33-18-23)14-21-11-20(2)17-32(27)25(21)6-4-10-35-32/h7-8,13,18-22,24-25,34-35H,3-6,9-12,14-17H2,1-2H3/t19-,20-,21+,22+,24-,25-,31-,32-/m1/s1. The highest BCUT2D eigenvalue weighted by atomic mass is 15.0. The largest absolute Gasteiger partial charge is 0.307 e. The molecular formula is C32H42N4. The smallest absolute Gasteiger partial charge is 0.0721 e. The molecule has 4 bridgehead atoms. The molecule has 0 amide bonds. The van der Waals surface area contributed by atoms with Crippen LogP contribution in [0.4, 0.5) is 0 Å². The summed E-state index contributed by atoms with van der Waals surface area (Å²) in [6, 6.07) is 7.28. The van der Waals surface area contributed by atoms with Crippen molar-refractivity contribution in [3.8, 4) is 11.3 Å². The van der Waals surface area contributed by atoms with Gasteiger partial charge >= 0.3 is 0 Å². The fourth-order valence-electron chi connectivity index (χ4n) is 10.5. The molecule has 4 heterocycles. The first kappa shape index (κ1) is 22.2. The van der Waals surface area contributed by atoms with Gasteiger partial charge in [0.2, 0.25) is 0 Å². The van der Waals surface area contributed by atoms with E-state index in [2.05, 4.69) is 48.9 Å². The van der Waals surface area contributed by atoms with Crippen LogP contribution in [0.5, 0.6) is 0 Å². The highest BCUT2D eigenvalue weighted by Gasteiger charge is 2.55. The van der Waals surface area contributed by atoms with E-state index in [1.54, 1.807) is 0 Å². The van der Waals surface area contributed by atoms with Crippen molar-refractivity contribution in [3.63, 3.8) is 0 Å². The van der Waals surface area contributed by atoms with Crippen LogP contribution in [-0.2, 0) is 23.9 Å². The Morgan fingerprint density at radius 3 is 2.14 bits per heavy atom. The topological polar surface area (TPSA) is 49.8 Å². The zero-order valence-corrected chi connectivity index (χ0v) is 22.2. The Kier molecular flexibility index (Phi) is 4.86. The van der Waals surface area contributed by atoms with Crippen LogP contribution >= 0.6 is 0 Å². The number of hydrogen-bond acceptors (Lipinski definition) is 4. The van der Waals surface area contributed by atoms with Gasteiger partial charge in [-0.15, -0.1) is 0 Å². The predicted molar refractivity (Wildman–Crippen MR) is 143 cm³/mol. The van der Waals surface area contributed by atoms with E-state index in [4.69, 9.17) is 9.97 Å². The summed E-state index contributed by atoms with van der Waals surface area (Å²) in [5.41, 5.74) is 8.41. The molecule has 2 aliphatic heterocycles. The first-order valence-corrected chi connectivity index (χ1v) is 15.1. The molecule has 4 fully saturated rings. The van der Waals surface area contributed by atoms with Gasteiger partial charge in [-0.25, -0.2) is 0 Å². The Morgan fingerprint density at radius 2 is 1.44 bits per heavy atom. The Labute approximate surface area is 216 Å². The Hall–Kier alpha value is -1.78. The molecule has 2 saturated heterocycles. The van der Waals surface area contributed by atoms with E-state index in [0.29, 0.717) is 0 Å². The summed E-state index contributed by atoms with van der Waals surface area (Å²) >= 11 is 0. The van der Waals surface area contributed by atoms with Crippen LogP contribution in [0.15, 0.2) is 24.4 Å². The number of pyridine rings is 2. The van der Waals surface area contributed by atoms with Gasteiger partial charge in [0, 0.05) is 34.2 Å². The Morgan fingerprint density at radius 1 is 0.806 bits per heavy atom. The highest BCUT2D eigenvalue weighted by Crippen LogP contribution is 2.57. The van der Waals surface area contributed by atoms with Gasteiger partial charge in [-0.1, -0.05) is 19.9 Å². The second-order valence-corrected chi connectivity index (χ2v) is 13.7. The summed E-state index contributed by atoms with van der Waals surface area (Å²) in [7, 11) is 0. The molecule has 2 saturated carbocycles. The maximum absolute atomic E-state index is 5.42. The third-order valence-electron chi connectivity index (χ3n) is 11.5. The summed E-state index contributed by atoms with van der Waals surface area (Å²) in [5, 5.41) is 8.12. The van der Waals surface area contributed by atoms with Gasteiger partial charge in [0.05, 0.1) is 5.69 Å². The molecule has 2 N–H and O–H groups in total. The van der Waals surface area contributed by atoms with Crippen molar-refractivity contribution in [1.82, 2.24) is 20.6 Å². The van der Waals surface area contributed by atoms with E-state index in [9.17, 15) is 0 Å². The van der Waals surface area contributed by atoms with Crippen LogP contribution < -0.4 is 10.6 Å². The van der Waals surface area contributed by atoms with Crippen LogP contribution in [0.1, 0.15) is 87.7 Å². The van der Waals surface area contributed by atoms with Crippen molar-refractivity contribution in [2.75, 3.05) is 13.1 Å². The lowest BCUT2D eigenvalue weighted by Gasteiger charge is -2.57. The van der Waals surface area contributed by atoms with Crippen LogP contribution in [0.25, 0.3) is 11.3 Å². The number of rotatable bonds is 1. The Balaban J connectivity index is 1.21. The van der Waals surface area contributed by atoms with Crippen molar-refractivity contribution in [2.24, 2.45) is 35.5 Å². The van der Waals surface area contributed by atoms with E-state index in [1.807, 2.05) is 0 Å². The summed E-state index contributed by atoms with van der Waals surface area (Å²) in [4.78, 5) is 10.6. The second-order valence-electron chi connectivity index (χ2n) is 13.7. The highest BCUT2D eigenvalue weighted by molar-refractivity contribution is 5.62. The van der Waals surface area contributed by atoms with Gasteiger partial charge in [0.1, 0.15) is 0 Å². The maximum atomic E-state index is 5.42. The monoisotopic (exact) mass is 482 g/mol. The summed E-state index contributed by atoms with van der Waals surface area (Å²) < 4.78 is 0. The van der Waals surface area contributed by atoms with E-state index in [0.717, 1.165) is 60.7 Å². The van der Waals surface area contributed by atoms with Crippen molar-refractivity contribution in [2.45, 2.75) is 89.1 Å². The van der Waals surface area contributed by atoms with Crippen molar-refractivity contribution in [1.29, 1.82) is 0 Å². The van der Waals surface area contributed by atoms with Crippen LogP contribution in [-0.4, -0.2) is 23.1 Å². The van der Waals surface area contributed by atoms with E-state index in [1.165, 1.54) is 85.9 Å². The fourth-order valence-corrected chi connectivity index (χ4v) is 10.5. The lowest BCUT2D eigenvalue weighted by Crippen LogP contribution is -2.60. The molecule has 4 nitrogen and oxygen atoms in total. The molecule has 0 radical (unpaired) electrons. The minimum Gasteiger partial charge on any atom is -0.307 e. The Bertz CT molecular complexity index is 1210. The lowest BCUT2D eigenvalue weighted by molar-refractivity contribution is 0.00803. The molecule has 190 valence electrons. The van der Waals surface area contributed by atoms with E-state index in [-0.39, 0.29) is 11.1 Å². The predicted octanol–water partition coefficient (Wildman–Crippen LogP) is 5.74. The molecule has 8 rings (SSSR count). The first-order chi connectivity index (χ1) is 17.6. The van der Waals surface area contributed by atoms with Gasteiger partial charge in [-0.2, -0.15) is 0 Å². The molecule has 6 aliphatic rings. The molecule has 2 aromatic rings. The molecule has 0 unspecified atom stereocenters. The average Bonchev–Trinajstić information content (AvgIpc) is 2.87. The molecule has 0 spiro atoms. The number of aromatic nitrogens is 2.